The van der Waals surface area contributed by atoms with Gasteiger partial charge in [-0.1, -0.05) is 176 Å². The lowest BCUT2D eigenvalue weighted by molar-refractivity contribution is 1.07. The topological polar surface area (TPSA) is 77.3 Å². The summed E-state index contributed by atoms with van der Waals surface area (Å²) in [6.07, 6.45) is 0. The van der Waals surface area contributed by atoms with Crippen molar-refractivity contribution in [1.29, 1.82) is 0 Å². The molecule has 0 saturated heterocycles. The van der Waals surface area contributed by atoms with Crippen LogP contribution in [0, 0.1) is 0 Å². The number of fused-ring (bicyclic) bond motifs is 3. The molecular weight excluding hydrogens is 765 g/mol. The zero-order valence-electron chi connectivity index (χ0n) is 32.7. The zero-order chi connectivity index (χ0) is 40.5. The van der Waals surface area contributed by atoms with E-state index in [0.29, 0.717) is 34.9 Å². The van der Waals surface area contributed by atoms with Gasteiger partial charge in [0.25, 0.3) is 0 Å². The molecule has 3 heterocycles. The fourth-order valence-electron chi connectivity index (χ4n) is 7.76. The smallest absolute Gasteiger partial charge is 0.164 e. The van der Waals surface area contributed by atoms with Crippen LogP contribution in [0.1, 0.15) is 0 Å². The van der Waals surface area contributed by atoms with Crippen molar-refractivity contribution in [2.24, 2.45) is 0 Å². The molecule has 0 amide bonds. The summed E-state index contributed by atoms with van der Waals surface area (Å²) in [4.78, 5) is 30.9. The highest BCUT2D eigenvalue weighted by molar-refractivity contribution is 7.25. The number of rotatable bonds is 8. The molecule has 0 fully saturated rings. The molecule has 0 radical (unpaired) electrons. The Balaban J connectivity index is 1.14. The largest absolute Gasteiger partial charge is 0.208 e. The van der Waals surface area contributed by atoms with Crippen molar-refractivity contribution in [3.05, 3.63) is 206 Å². The van der Waals surface area contributed by atoms with Gasteiger partial charge in [-0.2, -0.15) is 0 Å². The van der Waals surface area contributed by atoms with Gasteiger partial charge in [0.2, 0.25) is 0 Å². The van der Waals surface area contributed by atoms with E-state index < -0.39 is 0 Å². The summed E-state index contributed by atoms with van der Waals surface area (Å²) in [7, 11) is 0. The monoisotopic (exact) mass is 798 g/mol. The van der Waals surface area contributed by atoms with Gasteiger partial charge in [-0.25, -0.2) is 29.9 Å². The van der Waals surface area contributed by atoms with Crippen LogP contribution in [0.5, 0.6) is 0 Å². The second-order valence-corrected chi connectivity index (χ2v) is 15.8. The van der Waals surface area contributed by atoms with E-state index in [1.165, 1.54) is 20.2 Å². The minimum Gasteiger partial charge on any atom is -0.208 e. The molecule has 0 aliphatic heterocycles. The summed E-state index contributed by atoms with van der Waals surface area (Å²) < 4.78 is 2.50. The molecule has 3 aromatic heterocycles. The lowest BCUT2D eigenvalue weighted by Gasteiger charge is -2.15. The third-order valence-corrected chi connectivity index (χ3v) is 12.0. The maximum atomic E-state index is 5.22. The van der Waals surface area contributed by atoms with Crippen LogP contribution in [0.2, 0.25) is 0 Å². The van der Waals surface area contributed by atoms with E-state index in [-0.39, 0.29) is 0 Å². The van der Waals surface area contributed by atoms with Crippen molar-refractivity contribution in [3.63, 3.8) is 0 Å². The average molecular weight is 799 g/mol. The Kier molecular flexibility index (Phi) is 9.26. The fourth-order valence-corrected chi connectivity index (χ4v) is 8.85. The zero-order valence-corrected chi connectivity index (χ0v) is 33.5. The Labute approximate surface area is 356 Å². The summed E-state index contributed by atoms with van der Waals surface area (Å²) in [5.41, 5.74) is 9.49. The predicted molar refractivity (Wildman–Crippen MR) is 250 cm³/mol. The van der Waals surface area contributed by atoms with Crippen LogP contribution in [0.25, 0.3) is 111 Å². The second kappa shape index (κ2) is 15.6. The summed E-state index contributed by atoms with van der Waals surface area (Å²) in [6, 6.07) is 70.6. The van der Waals surface area contributed by atoms with Crippen LogP contribution < -0.4 is 0 Å². The van der Waals surface area contributed by atoms with E-state index in [1.54, 1.807) is 0 Å². The molecule has 61 heavy (non-hydrogen) atoms. The Hall–Kier alpha value is -8.00. The molecule has 6 nitrogen and oxygen atoms in total. The molecule has 0 spiro atoms. The molecule has 11 aromatic rings. The van der Waals surface area contributed by atoms with Crippen molar-refractivity contribution in [3.8, 4) is 90.6 Å². The number of thiophene rings is 1. The van der Waals surface area contributed by atoms with E-state index in [0.717, 1.165) is 55.6 Å². The van der Waals surface area contributed by atoms with Crippen LogP contribution in [0.15, 0.2) is 206 Å². The SMILES string of the molecule is c1ccc(-c2cccc(-c3nc(-c4ccccc4)nc(-c4ccc(-c5ccc6sc7ccccc7c6c5)c(-c5nc(-c6ccccc6)nc(-c6ccccc6)n5)c4)n3)c2)cc1. The molecule has 7 heteroatoms. The molecule has 0 unspecified atom stereocenters. The molecule has 0 bridgehead atoms. The van der Waals surface area contributed by atoms with Crippen molar-refractivity contribution < 1.29 is 0 Å². The van der Waals surface area contributed by atoms with Crippen molar-refractivity contribution >= 4 is 31.5 Å². The maximum Gasteiger partial charge on any atom is 0.164 e. The summed E-state index contributed by atoms with van der Waals surface area (Å²) in [5, 5.41) is 2.45. The highest BCUT2D eigenvalue weighted by Crippen LogP contribution is 2.40. The Morgan fingerprint density at radius 1 is 0.230 bits per heavy atom. The first-order valence-electron chi connectivity index (χ1n) is 20.1. The van der Waals surface area contributed by atoms with Gasteiger partial charge in [-0.05, 0) is 52.6 Å². The lowest BCUT2D eigenvalue weighted by Crippen LogP contribution is -2.03. The van der Waals surface area contributed by atoms with Crippen LogP contribution in [0.4, 0.5) is 0 Å². The van der Waals surface area contributed by atoms with Crippen LogP contribution in [0.3, 0.4) is 0 Å². The molecule has 11 rings (SSSR count). The molecule has 8 aromatic carbocycles. The highest BCUT2D eigenvalue weighted by Gasteiger charge is 2.20. The molecule has 0 atom stereocenters. The third kappa shape index (κ3) is 7.13. The maximum absolute atomic E-state index is 5.22. The van der Waals surface area contributed by atoms with E-state index in [1.807, 2.05) is 108 Å². The first-order valence-corrected chi connectivity index (χ1v) is 20.9. The van der Waals surface area contributed by atoms with Gasteiger partial charge in [0.05, 0.1) is 0 Å². The van der Waals surface area contributed by atoms with Gasteiger partial charge < -0.3 is 0 Å². The average Bonchev–Trinajstić information content (AvgIpc) is 3.73. The molecule has 286 valence electrons. The molecular formula is C54H34N6S. The fraction of sp³-hybridized carbons (Fsp3) is 0. The standard InChI is InChI=1S/C54H34N6S/c1-5-16-35(17-6-1)39-24-15-25-41(32-39)52-56-49(36-18-7-2-8-19-36)57-53(58-52)42-28-30-43(40-29-31-48-45(33-40)44-26-13-14-27-47(44)61-48)46(34-42)54-59-50(37-20-9-3-10-21-37)55-51(60-54)38-22-11-4-12-23-38/h1-34H. The van der Waals surface area contributed by atoms with Gasteiger partial charge in [-0.15, -0.1) is 11.3 Å². The Morgan fingerprint density at radius 2 is 0.656 bits per heavy atom. The molecule has 0 aliphatic carbocycles. The lowest BCUT2D eigenvalue weighted by atomic mass is 9.95. The van der Waals surface area contributed by atoms with Gasteiger partial charge in [0, 0.05) is 53.6 Å². The van der Waals surface area contributed by atoms with Gasteiger partial charge in [0.1, 0.15) is 0 Å². The first kappa shape index (κ1) is 36.1. The number of benzene rings is 8. The van der Waals surface area contributed by atoms with Crippen molar-refractivity contribution in [1.82, 2.24) is 29.9 Å². The Bertz CT molecular complexity index is 3300. The van der Waals surface area contributed by atoms with Crippen molar-refractivity contribution in [2.45, 2.75) is 0 Å². The molecule has 0 aliphatic rings. The third-order valence-electron chi connectivity index (χ3n) is 10.8. The molecule has 0 saturated carbocycles. The van der Waals surface area contributed by atoms with Gasteiger partial charge >= 0.3 is 0 Å². The van der Waals surface area contributed by atoms with E-state index in [2.05, 4.69) is 109 Å². The normalized spacial score (nSPS) is 11.3. The number of hydrogen-bond acceptors (Lipinski definition) is 7. The van der Waals surface area contributed by atoms with E-state index in [9.17, 15) is 0 Å². The minimum atomic E-state index is 0.543. The van der Waals surface area contributed by atoms with Crippen LogP contribution >= 0.6 is 11.3 Å². The first-order chi connectivity index (χ1) is 30.2. The Morgan fingerprint density at radius 3 is 1.25 bits per heavy atom. The summed E-state index contributed by atoms with van der Waals surface area (Å²) in [5.74, 6) is 3.44. The second-order valence-electron chi connectivity index (χ2n) is 14.7. The van der Waals surface area contributed by atoms with E-state index in [4.69, 9.17) is 29.9 Å². The number of hydrogen-bond donors (Lipinski definition) is 0. The van der Waals surface area contributed by atoms with Crippen LogP contribution in [-0.4, -0.2) is 29.9 Å². The van der Waals surface area contributed by atoms with Crippen LogP contribution in [-0.2, 0) is 0 Å². The van der Waals surface area contributed by atoms with Gasteiger partial charge in [0.15, 0.2) is 34.9 Å². The predicted octanol–water partition coefficient (Wildman–Crippen LogP) is 13.8. The summed E-state index contributed by atoms with van der Waals surface area (Å²) in [6.45, 7) is 0. The van der Waals surface area contributed by atoms with E-state index >= 15 is 0 Å². The number of nitrogens with zero attached hydrogens (tertiary/aromatic N) is 6. The number of aromatic nitrogens is 6. The van der Waals surface area contributed by atoms with Crippen molar-refractivity contribution in [2.75, 3.05) is 0 Å². The van der Waals surface area contributed by atoms with Gasteiger partial charge in [-0.3, -0.25) is 0 Å². The molecule has 0 N–H and O–H groups in total. The summed E-state index contributed by atoms with van der Waals surface area (Å²) >= 11 is 1.81. The minimum absolute atomic E-state index is 0.543. The quantitative estimate of drug-likeness (QED) is 0.152. The highest BCUT2D eigenvalue weighted by atomic mass is 32.1.